The summed E-state index contributed by atoms with van der Waals surface area (Å²) in [6, 6.07) is 13.1. The van der Waals surface area contributed by atoms with Gasteiger partial charge in [0, 0.05) is 27.7 Å². The van der Waals surface area contributed by atoms with Crippen molar-refractivity contribution in [3.63, 3.8) is 0 Å². The van der Waals surface area contributed by atoms with Crippen LogP contribution in [0.2, 0.25) is 0 Å². The molecule has 1 nitrogen and oxygen atoms in total. The number of ether oxygens (including phenoxy) is 1. The van der Waals surface area contributed by atoms with Crippen molar-refractivity contribution in [2.45, 2.75) is 37.9 Å². The van der Waals surface area contributed by atoms with Gasteiger partial charge in [0.2, 0.25) is 0 Å². The predicted octanol–water partition coefficient (Wildman–Crippen LogP) is 5.58. The van der Waals surface area contributed by atoms with E-state index in [1.54, 1.807) is 0 Å². The van der Waals surface area contributed by atoms with Crippen LogP contribution in [0.1, 0.15) is 43.4 Å². The number of hydrogen-bond donors (Lipinski definition) is 0. The first-order valence-electron chi connectivity index (χ1n) is 7.66. The Kier molecular flexibility index (Phi) is 6.47. The standard InChI is InChI=1S/C18H22OS.Fe/c1-2-3-12-19-17-11-10-16(18-9-6-13-20-18)14-7-4-5-8-15(14)17;/h4-5,7-8,10-11,18H,2-3,6,9,12-13H2,1H3;. The number of unbranched alkanes of at least 4 members (excludes halogenated alkanes) is 1. The molecule has 0 bridgehead atoms. The molecule has 0 spiro atoms. The Bertz CT molecular complexity index is 578. The van der Waals surface area contributed by atoms with Crippen LogP contribution in [0.25, 0.3) is 10.8 Å². The van der Waals surface area contributed by atoms with Gasteiger partial charge < -0.3 is 4.74 Å². The maximum absolute atomic E-state index is 5.97. The van der Waals surface area contributed by atoms with Gasteiger partial charge in [-0.2, -0.15) is 11.8 Å². The molecular weight excluding hydrogens is 320 g/mol. The Morgan fingerprint density at radius 1 is 1.14 bits per heavy atom. The average molecular weight is 342 g/mol. The summed E-state index contributed by atoms with van der Waals surface area (Å²) in [6.07, 6.45) is 4.95. The summed E-state index contributed by atoms with van der Waals surface area (Å²) in [6.45, 7) is 3.01. The van der Waals surface area contributed by atoms with Gasteiger partial charge in [0.15, 0.2) is 0 Å². The predicted molar refractivity (Wildman–Crippen MR) is 88.8 cm³/mol. The second-order valence-electron chi connectivity index (χ2n) is 5.40. The molecule has 3 rings (SSSR count). The van der Waals surface area contributed by atoms with Gasteiger partial charge in [-0.1, -0.05) is 43.7 Å². The van der Waals surface area contributed by atoms with E-state index in [4.69, 9.17) is 4.74 Å². The van der Waals surface area contributed by atoms with Gasteiger partial charge in [-0.25, -0.2) is 0 Å². The topological polar surface area (TPSA) is 9.23 Å². The Hall–Kier alpha value is -0.631. The number of thioether (sulfide) groups is 1. The van der Waals surface area contributed by atoms with Gasteiger partial charge in [0.25, 0.3) is 0 Å². The van der Waals surface area contributed by atoms with E-state index in [1.165, 1.54) is 41.4 Å². The van der Waals surface area contributed by atoms with Crippen LogP contribution >= 0.6 is 11.8 Å². The zero-order chi connectivity index (χ0) is 13.8. The molecule has 0 aromatic heterocycles. The minimum Gasteiger partial charge on any atom is -0.493 e. The summed E-state index contributed by atoms with van der Waals surface area (Å²) in [7, 11) is 0. The summed E-state index contributed by atoms with van der Waals surface area (Å²) in [4.78, 5) is 0. The van der Waals surface area contributed by atoms with Crippen molar-refractivity contribution in [3.8, 4) is 5.75 Å². The van der Waals surface area contributed by atoms with Gasteiger partial charge in [-0.3, -0.25) is 0 Å². The van der Waals surface area contributed by atoms with E-state index < -0.39 is 0 Å². The Morgan fingerprint density at radius 3 is 2.67 bits per heavy atom. The zero-order valence-corrected chi connectivity index (χ0v) is 14.4. The molecule has 0 aliphatic carbocycles. The average Bonchev–Trinajstić information content (AvgIpc) is 3.01. The third-order valence-corrected chi connectivity index (χ3v) is 5.37. The van der Waals surface area contributed by atoms with Crippen molar-refractivity contribution < 1.29 is 21.8 Å². The molecule has 0 radical (unpaired) electrons. The summed E-state index contributed by atoms with van der Waals surface area (Å²) in [5.41, 5.74) is 1.49. The molecule has 1 atom stereocenters. The molecule has 0 saturated carbocycles. The summed E-state index contributed by atoms with van der Waals surface area (Å²) < 4.78 is 5.97. The summed E-state index contributed by atoms with van der Waals surface area (Å²) in [5, 5.41) is 3.32. The first-order valence-corrected chi connectivity index (χ1v) is 8.71. The number of fused-ring (bicyclic) bond motifs is 1. The normalized spacial score (nSPS) is 17.7. The van der Waals surface area contributed by atoms with Gasteiger partial charge in [-0.05, 0) is 42.0 Å². The van der Waals surface area contributed by atoms with E-state index in [-0.39, 0.29) is 17.1 Å². The summed E-state index contributed by atoms with van der Waals surface area (Å²) in [5.74, 6) is 2.34. The molecule has 1 unspecified atom stereocenters. The molecule has 0 amide bonds. The van der Waals surface area contributed by atoms with Crippen molar-refractivity contribution in [1.82, 2.24) is 0 Å². The SMILES string of the molecule is CCCCOc1ccc(C2CCCS2)c2ccccc12.[Fe]. The maximum atomic E-state index is 5.97. The fourth-order valence-electron chi connectivity index (χ4n) is 2.85. The van der Waals surface area contributed by atoms with E-state index in [0.717, 1.165) is 18.8 Å². The number of rotatable bonds is 5. The molecule has 21 heavy (non-hydrogen) atoms. The van der Waals surface area contributed by atoms with Crippen LogP contribution in [0.3, 0.4) is 0 Å². The molecule has 0 N–H and O–H groups in total. The molecule has 2 aromatic carbocycles. The quantitative estimate of drug-likeness (QED) is 0.518. The molecule has 1 saturated heterocycles. The zero-order valence-electron chi connectivity index (χ0n) is 12.5. The molecule has 1 fully saturated rings. The van der Waals surface area contributed by atoms with Crippen LogP contribution in [-0.2, 0) is 17.1 Å². The second-order valence-corrected chi connectivity index (χ2v) is 6.71. The van der Waals surface area contributed by atoms with Crippen LogP contribution in [0.15, 0.2) is 36.4 Å². The monoisotopic (exact) mass is 342 g/mol. The number of hydrogen-bond acceptors (Lipinski definition) is 2. The van der Waals surface area contributed by atoms with E-state index in [1.807, 2.05) is 0 Å². The van der Waals surface area contributed by atoms with E-state index in [9.17, 15) is 0 Å². The molecule has 3 heteroatoms. The van der Waals surface area contributed by atoms with Crippen molar-refractivity contribution >= 4 is 22.5 Å². The fourth-order valence-corrected chi connectivity index (χ4v) is 4.19. The Labute approximate surface area is 142 Å². The first-order chi connectivity index (χ1) is 9.90. The smallest absolute Gasteiger partial charge is 0.127 e. The van der Waals surface area contributed by atoms with Gasteiger partial charge in [0.05, 0.1) is 6.61 Å². The van der Waals surface area contributed by atoms with E-state index >= 15 is 0 Å². The van der Waals surface area contributed by atoms with Crippen molar-refractivity contribution in [2.24, 2.45) is 0 Å². The van der Waals surface area contributed by atoms with Gasteiger partial charge in [0.1, 0.15) is 5.75 Å². The third-order valence-electron chi connectivity index (χ3n) is 3.95. The van der Waals surface area contributed by atoms with Crippen LogP contribution < -0.4 is 4.74 Å². The van der Waals surface area contributed by atoms with E-state index in [2.05, 4.69) is 55.1 Å². The molecule has 2 aromatic rings. The van der Waals surface area contributed by atoms with E-state index in [0.29, 0.717) is 5.25 Å². The fraction of sp³-hybridized carbons (Fsp3) is 0.444. The van der Waals surface area contributed by atoms with Crippen LogP contribution in [-0.4, -0.2) is 12.4 Å². The Balaban J connectivity index is 0.00000161. The maximum Gasteiger partial charge on any atom is 0.127 e. The molecule has 114 valence electrons. The van der Waals surface area contributed by atoms with Crippen molar-refractivity contribution in [2.75, 3.05) is 12.4 Å². The first kappa shape index (κ1) is 16.7. The van der Waals surface area contributed by atoms with Crippen LogP contribution in [0.5, 0.6) is 5.75 Å². The van der Waals surface area contributed by atoms with Crippen LogP contribution in [0, 0.1) is 0 Å². The van der Waals surface area contributed by atoms with Gasteiger partial charge >= 0.3 is 0 Å². The second kappa shape index (κ2) is 8.12. The van der Waals surface area contributed by atoms with Crippen molar-refractivity contribution in [3.05, 3.63) is 42.0 Å². The summed E-state index contributed by atoms with van der Waals surface area (Å²) >= 11 is 2.10. The molecule has 1 aliphatic heterocycles. The number of benzene rings is 2. The third kappa shape index (κ3) is 3.77. The Morgan fingerprint density at radius 2 is 1.95 bits per heavy atom. The molecule has 1 heterocycles. The van der Waals surface area contributed by atoms with Gasteiger partial charge in [-0.15, -0.1) is 0 Å². The minimum absolute atomic E-state index is 0. The largest absolute Gasteiger partial charge is 0.493 e. The van der Waals surface area contributed by atoms with Crippen molar-refractivity contribution in [1.29, 1.82) is 0 Å². The van der Waals surface area contributed by atoms with Crippen LogP contribution in [0.4, 0.5) is 0 Å². The minimum atomic E-state index is 0. The molecular formula is C18H22FeOS. The molecule has 1 aliphatic rings.